The number of benzene rings is 1. The third kappa shape index (κ3) is 2.71. The van der Waals surface area contributed by atoms with Crippen LogP contribution in [0.25, 0.3) is 0 Å². The molecule has 0 aliphatic carbocycles. The first kappa shape index (κ1) is 10.4. The van der Waals surface area contributed by atoms with Crippen molar-refractivity contribution in [3.63, 3.8) is 0 Å². The maximum atomic E-state index is 4.03. The second-order valence-electron chi connectivity index (χ2n) is 3.45. The molecule has 0 spiro atoms. The lowest BCUT2D eigenvalue weighted by Gasteiger charge is -1.94. The van der Waals surface area contributed by atoms with Crippen LogP contribution in [0.1, 0.15) is 23.7 Å². The number of aryl methyl sites for hydroxylation is 1. The molecule has 0 aliphatic heterocycles. The van der Waals surface area contributed by atoms with Crippen molar-refractivity contribution < 1.29 is 0 Å². The second-order valence-corrected chi connectivity index (χ2v) is 3.45. The molecule has 0 atom stereocenters. The van der Waals surface area contributed by atoms with Gasteiger partial charge in [0.1, 0.15) is 5.69 Å². The van der Waals surface area contributed by atoms with E-state index >= 15 is 0 Å². The van der Waals surface area contributed by atoms with Crippen LogP contribution in [-0.4, -0.2) is 4.98 Å². The van der Waals surface area contributed by atoms with Crippen LogP contribution in [0.2, 0.25) is 0 Å². The number of pyridine rings is 1. The van der Waals surface area contributed by atoms with Crippen LogP contribution in [0, 0.1) is 18.0 Å². The quantitative estimate of drug-likeness (QED) is 0.654. The monoisotopic (exact) mass is 206 g/mol. The molecule has 1 heteroatoms. The van der Waals surface area contributed by atoms with E-state index in [2.05, 4.69) is 42.1 Å². The van der Waals surface area contributed by atoms with Crippen LogP contribution in [0.15, 0.2) is 42.5 Å². The molecule has 1 aromatic carbocycles. The third-order valence-corrected chi connectivity index (χ3v) is 2.31. The molecular formula is C15H12N. The standard InChI is InChI=1S/C15H12N/c1-2-13-6-8-14(9-7-13)10-11-15-5-3-4-12-16-15/h3-9H,2H2,1H3. The van der Waals surface area contributed by atoms with Gasteiger partial charge >= 0.3 is 0 Å². The highest BCUT2D eigenvalue weighted by Crippen LogP contribution is 2.03. The zero-order valence-electron chi connectivity index (χ0n) is 9.20. The molecule has 0 unspecified atom stereocenters. The largest absolute Gasteiger partial charge is 0.238 e. The highest BCUT2D eigenvalue weighted by Gasteiger charge is 1.89. The van der Waals surface area contributed by atoms with E-state index in [1.165, 1.54) is 5.56 Å². The summed E-state index contributed by atoms with van der Waals surface area (Å²) in [5, 5.41) is 0. The van der Waals surface area contributed by atoms with E-state index in [0.717, 1.165) is 17.7 Å². The van der Waals surface area contributed by atoms with Gasteiger partial charge in [-0.05, 0) is 42.2 Å². The van der Waals surface area contributed by atoms with Crippen LogP contribution in [0.4, 0.5) is 0 Å². The van der Waals surface area contributed by atoms with Gasteiger partial charge in [-0.15, -0.1) is 0 Å². The zero-order valence-corrected chi connectivity index (χ0v) is 9.20. The van der Waals surface area contributed by atoms with Crippen LogP contribution < -0.4 is 0 Å². The summed E-state index contributed by atoms with van der Waals surface area (Å²) in [5.41, 5.74) is 3.10. The molecule has 0 amide bonds. The summed E-state index contributed by atoms with van der Waals surface area (Å²) >= 11 is 0. The molecule has 77 valence electrons. The summed E-state index contributed by atoms with van der Waals surface area (Å²) in [6.45, 7) is 2.14. The van der Waals surface area contributed by atoms with Gasteiger partial charge < -0.3 is 0 Å². The average molecular weight is 206 g/mol. The summed E-state index contributed by atoms with van der Waals surface area (Å²) in [6, 6.07) is 13.8. The predicted molar refractivity (Wildman–Crippen MR) is 64.9 cm³/mol. The van der Waals surface area contributed by atoms with E-state index in [4.69, 9.17) is 0 Å². The maximum absolute atomic E-state index is 4.03. The fourth-order valence-electron chi connectivity index (χ4n) is 1.36. The Kier molecular flexibility index (Phi) is 3.35. The van der Waals surface area contributed by atoms with Crippen LogP contribution in [0.5, 0.6) is 0 Å². The van der Waals surface area contributed by atoms with Gasteiger partial charge in [-0.2, -0.15) is 0 Å². The number of hydrogen-bond donors (Lipinski definition) is 0. The summed E-state index contributed by atoms with van der Waals surface area (Å²) in [5.74, 6) is 6.09. The first-order chi connectivity index (χ1) is 7.88. The molecule has 2 aromatic rings. The van der Waals surface area contributed by atoms with Gasteiger partial charge in [0.05, 0.1) is 6.20 Å². The average Bonchev–Trinajstić information content (AvgIpc) is 2.38. The van der Waals surface area contributed by atoms with E-state index in [-0.39, 0.29) is 0 Å². The van der Waals surface area contributed by atoms with Crippen LogP contribution in [0.3, 0.4) is 0 Å². The predicted octanol–water partition coefficient (Wildman–Crippen LogP) is 2.84. The van der Waals surface area contributed by atoms with E-state index in [0.29, 0.717) is 0 Å². The van der Waals surface area contributed by atoms with Gasteiger partial charge in [0.25, 0.3) is 0 Å². The number of rotatable bonds is 1. The van der Waals surface area contributed by atoms with E-state index in [1.807, 2.05) is 24.3 Å². The van der Waals surface area contributed by atoms with Crippen molar-refractivity contribution in [1.82, 2.24) is 4.98 Å². The molecular weight excluding hydrogens is 194 g/mol. The topological polar surface area (TPSA) is 12.9 Å². The highest BCUT2D eigenvalue weighted by molar-refractivity contribution is 5.40. The summed E-state index contributed by atoms with van der Waals surface area (Å²) in [4.78, 5) is 4.03. The summed E-state index contributed by atoms with van der Waals surface area (Å²) in [7, 11) is 0. The first-order valence-corrected chi connectivity index (χ1v) is 5.32. The van der Waals surface area contributed by atoms with Crippen molar-refractivity contribution in [3.8, 4) is 11.8 Å². The van der Waals surface area contributed by atoms with Gasteiger partial charge in [0.2, 0.25) is 0 Å². The number of hydrogen-bond acceptors (Lipinski definition) is 1. The maximum Gasteiger partial charge on any atom is 0.114 e. The molecule has 1 radical (unpaired) electrons. The second kappa shape index (κ2) is 5.14. The third-order valence-electron chi connectivity index (χ3n) is 2.31. The Morgan fingerprint density at radius 3 is 2.56 bits per heavy atom. The lowest BCUT2D eigenvalue weighted by Crippen LogP contribution is -1.82. The van der Waals surface area contributed by atoms with Gasteiger partial charge in [-0.3, -0.25) is 0 Å². The SMILES string of the molecule is CCc1ccc(C#Cc2ccc[c]n2)cc1. The molecule has 0 bridgehead atoms. The molecule has 0 aliphatic rings. The molecule has 0 N–H and O–H groups in total. The molecule has 16 heavy (non-hydrogen) atoms. The molecule has 0 saturated heterocycles. The van der Waals surface area contributed by atoms with E-state index in [1.54, 1.807) is 6.07 Å². The Morgan fingerprint density at radius 1 is 1.12 bits per heavy atom. The van der Waals surface area contributed by atoms with Crippen molar-refractivity contribution >= 4 is 0 Å². The van der Waals surface area contributed by atoms with Crippen LogP contribution in [-0.2, 0) is 6.42 Å². The van der Waals surface area contributed by atoms with Gasteiger partial charge in [-0.1, -0.05) is 31.0 Å². The highest BCUT2D eigenvalue weighted by atomic mass is 14.6. The van der Waals surface area contributed by atoms with Crippen molar-refractivity contribution in [3.05, 3.63) is 65.5 Å². The minimum Gasteiger partial charge on any atom is -0.238 e. The Bertz CT molecular complexity index is 501. The molecule has 0 saturated carbocycles. The van der Waals surface area contributed by atoms with Gasteiger partial charge in [0.15, 0.2) is 0 Å². The smallest absolute Gasteiger partial charge is 0.114 e. The van der Waals surface area contributed by atoms with Gasteiger partial charge in [-0.25, -0.2) is 4.98 Å². The Balaban J connectivity index is 2.18. The van der Waals surface area contributed by atoms with Crippen molar-refractivity contribution in [2.24, 2.45) is 0 Å². The van der Waals surface area contributed by atoms with Crippen molar-refractivity contribution in [2.75, 3.05) is 0 Å². The normalized spacial score (nSPS) is 9.31. The summed E-state index contributed by atoms with van der Waals surface area (Å²) in [6.07, 6.45) is 3.82. The lowest BCUT2D eigenvalue weighted by atomic mass is 10.1. The number of aromatic nitrogens is 1. The lowest BCUT2D eigenvalue weighted by molar-refractivity contribution is 1.14. The fraction of sp³-hybridized carbons (Fsp3) is 0.133. The summed E-state index contributed by atoms with van der Waals surface area (Å²) < 4.78 is 0. The molecule has 1 nitrogen and oxygen atoms in total. The van der Waals surface area contributed by atoms with Gasteiger partial charge in [0, 0.05) is 5.56 Å². The Morgan fingerprint density at radius 2 is 1.94 bits per heavy atom. The van der Waals surface area contributed by atoms with Crippen molar-refractivity contribution in [2.45, 2.75) is 13.3 Å². The molecule has 0 fully saturated rings. The minimum absolute atomic E-state index is 0.752. The molecule has 1 aromatic heterocycles. The molecule has 1 heterocycles. The van der Waals surface area contributed by atoms with E-state index < -0.39 is 0 Å². The number of nitrogens with zero attached hydrogens (tertiary/aromatic N) is 1. The minimum atomic E-state index is 0.752. The first-order valence-electron chi connectivity index (χ1n) is 5.32. The fourth-order valence-corrected chi connectivity index (χ4v) is 1.36. The Hall–Kier alpha value is -2.07. The van der Waals surface area contributed by atoms with E-state index in [9.17, 15) is 0 Å². The Labute approximate surface area is 96.2 Å². The zero-order chi connectivity index (χ0) is 11.2. The van der Waals surface area contributed by atoms with Crippen LogP contribution >= 0.6 is 0 Å². The molecule has 2 rings (SSSR count). The van der Waals surface area contributed by atoms with Crippen molar-refractivity contribution in [1.29, 1.82) is 0 Å².